The van der Waals surface area contributed by atoms with Crippen LogP contribution in [0.1, 0.15) is 25.7 Å². The molecule has 29 heavy (non-hydrogen) atoms. The van der Waals surface area contributed by atoms with Crippen LogP contribution >= 0.6 is 11.8 Å². The maximum absolute atomic E-state index is 11.3. The van der Waals surface area contributed by atoms with Crippen molar-refractivity contribution in [2.24, 2.45) is 5.84 Å². The molecule has 2 aromatic heterocycles. The molecule has 2 fully saturated rings. The summed E-state index contributed by atoms with van der Waals surface area (Å²) in [5.74, 6) is 5.48. The van der Waals surface area contributed by atoms with Gasteiger partial charge in [-0.05, 0) is 12.8 Å². The molecule has 4 rings (SSSR count). The van der Waals surface area contributed by atoms with Crippen LogP contribution in [0.5, 0.6) is 0 Å². The molecule has 0 radical (unpaired) electrons. The monoisotopic (exact) mass is 422 g/mol. The number of aromatic amines is 1. The molecule has 0 aromatic carbocycles. The van der Waals surface area contributed by atoms with Crippen molar-refractivity contribution in [3.05, 3.63) is 22.7 Å². The number of nitrogens with one attached hydrogen (secondary N) is 4. The van der Waals surface area contributed by atoms with E-state index >= 15 is 0 Å². The van der Waals surface area contributed by atoms with Gasteiger partial charge in [-0.3, -0.25) is 20.0 Å². The van der Waals surface area contributed by atoms with Gasteiger partial charge in [0.05, 0.1) is 12.1 Å². The van der Waals surface area contributed by atoms with E-state index in [1.54, 1.807) is 0 Å². The minimum absolute atomic E-state index is 0.0640. The number of carboxylic acid groups (broad SMARTS) is 1. The van der Waals surface area contributed by atoms with E-state index < -0.39 is 5.97 Å². The number of nitrogens with two attached hydrogens (primary N) is 1. The van der Waals surface area contributed by atoms with Gasteiger partial charge in [0.1, 0.15) is 0 Å². The zero-order valence-electron chi connectivity index (χ0n) is 15.4. The summed E-state index contributed by atoms with van der Waals surface area (Å²) >= 11 is 1.87. The molecule has 2 aliphatic rings. The van der Waals surface area contributed by atoms with Crippen LogP contribution in [0.25, 0.3) is 11.2 Å². The number of rotatable bonds is 6. The lowest BCUT2D eigenvalue weighted by Crippen LogP contribution is -2.36. The Morgan fingerprint density at radius 2 is 2.07 bits per heavy atom. The molecule has 156 valence electrons. The summed E-state index contributed by atoms with van der Waals surface area (Å²) in [5, 5.41) is 14.8. The van der Waals surface area contributed by atoms with Gasteiger partial charge < -0.3 is 15.7 Å². The molecule has 2 aliphatic heterocycles. The highest BCUT2D eigenvalue weighted by Gasteiger charge is 2.42. The number of nitrogen functional groups attached to an aromatic ring is 1. The summed E-state index contributed by atoms with van der Waals surface area (Å²) in [5.41, 5.74) is 2.32. The van der Waals surface area contributed by atoms with E-state index in [0.29, 0.717) is 5.25 Å². The number of thioether (sulfide) groups is 1. The first-order chi connectivity index (χ1) is 14.0. The third kappa shape index (κ3) is 5.32. The molecule has 3 atom stereocenters. The second kappa shape index (κ2) is 9.52. The number of carboxylic acids is 1. The Labute approximate surface area is 169 Å². The molecule has 2 amide bonds. The number of carbonyl (C=O) groups is 2. The minimum Gasteiger partial charge on any atom is -0.481 e. The lowest BCUT2D eigenvalue weighted by Gasteiger charge is -2.16. The number of fused-ring (bicyclic) bond motifs is 2. The molecule has 2 aromatic rings. The molecule has 0 unspecified atom stereocenters. The van der Waals surface area contributed by atoms with Crippen molar-refractivity contribution >= 4 is 40.9 Å². The van der Waals surface area contributed by atoms with E-state index in [1.807, 2.05) is 11.8 Å². The predicted octanol–water partition coefficient (Wildman–Crippen LogP) is -0.204. The Morgan fingerprint density at radius 1 is 1.28 bits per heavy atom. The predicted molar refractivity (Wildman–Crippen MR) is 107 cm³/mol. The fourth-order valence-electron chi connectivity index (χ4n) is 3.21. The van der Waals surface area contributed by atoms with E-state index in [1.165, 1.54) is 12.4 Å². The third-order valence-corrected chi connectivity index (χ3v) is 6.06. The summed E-state index contributed by atoms with van der Waals surface area (Å²) in [6.07, 6.45) is 5.76. The molecular weight excluding hydrogens is 400 g/mol. The summed E-state index contributed by atoms with van der Waals surface area (Å²) in [6.45, 7) is 0. The van der Waals surface area contributed by atoms with Crippen LogP contribution < -0.4 is 27.5 Å². The van der Waals surface area contributed by atoms with Crippen molar-refractivity contribution in [3.63, 3.8) is 0 Å². The third-order valence-electron chi connectivity index (χ3n) is 4.55. The van der Waals surface area contributed by atoms with E-state index in [-0.39, 0.29) is 47.2 Å². The Hall–Kier alpha value is -2.93. The molecule has 13 heteroatoms. The van der Waals surface area contributed by atoms with Gasteiger partial charge >= 0.3 is 12.0 Å². The van der Waals surface area contributed by atoms with Crippen molar-refractivity contribution in [1.29, 1.82) is 0 Å². The number of urea groups is 1. The first kappa shape index (κ1) is 20.8. The van der Waals surface area contributed by atoms with Gasteiger partial charge in [0.25, 0.3) is 5.56 Å². The van der Waals surface area contributed by atoms with Crippen molar-refractivity contribution in [2.75, 3.05) is 11.2 Å². The highest BCUT2D eigenvalue weighted by atomic mass is 32.2. The van der Waals surface area contributed by atoms with Gasteiger partial charge in [-0.25, -0.2) is 20.6 Å². The minimum atomic E-state index is -0.729. The molecular formula is C16H22N8O4S. The van der Waals surface area contributed by atoms with E-state index in [9.17, 15) is 14.4 Å². The molecule has 0 spiro atoms. The first-order valence-electron chi connectivity index (χ1n) is 9.06. The topological polar surface area (TPSA) is 188 Å². The molecule has 4 heterocycles. The Kier molecular flexibility index (Phi) is 6.82. The van der Waals surface area contributed by atoms with Gasteiger partial charge in [0.2, 0.25) is 5.95 Å². The van der Waals surface area contributed by atoms with Crippen molar-refractivity contribution in [2.45, 2.75) is 43.0 Å². The van der Waals surface area contributed by atoms with Crippen LogP contribution in [-0.2, 0) is 4.79 Å². The fraction of sp³-hybridized carbons (Fsp3) is 0.500. The second-order valence-electron chi connectivity index (χ2n) is 6.55. The van der Waals surface area contributed by atoms with Crippen LogP contribution in [0.15, 0.2) is 17.2 Å². The standard InChI is InChI=1S/C10H16N2O3S.C6H6N6O/c13-8(14)4-2-1-3-7-9-6(5-16-7)11-10(15)12-9;7-12-6-10-4-3(5(13)11-6)8-1-2-9-4/h6-7,9H,1-5H2,(H,13,14)(H2,11,12,15);1-2H,7H2,(H2,9,10,11,12,13)/t6-,7-,9-;/m0./s1. The summed E-state index contributed by atoms with van der Waals surface area (Å²) in [7, 11) is 0. The number of nitrogens with zero attached hydrogens (tertiary/aromatic N) is 3. The average Bonchev–Trinajstić information content (AvgIpc) is 3.25. The first-order valence-corrected chi connectivity index (χ1v) is 10.1. The quantitative estimate of drug-likeness (QED) is 0.157. The molecule has 12 nitrogen and oxygen atoms in total. The molecule has 2 saturated heterocycles. The van der Waals surface area contributed by atoms with E-state index in [4.69, 9.17) is 10.9 Å². The SMILES string of the molecule is NNc1nc2nccnc2c(=O)[nH]1.O=C(O)CCCC[C@@H]1SC[C@@H]2NC(=O)N[C@@H]21. The average molecular weight is 422 g/mol. The van der Waals surface area contributed by atoms with Gasteiger partial charge in [-0.2, -0.15) is 16.7 Å². The number of aliphatic carboxylic acids is 1. The van der Waals surface area contributed by atoms with Gasteiger partial charge in [0.15, 0.2) is 11.2 Å². The molecule has 7 N–H and O–H groups in total. The van der Waals surface area contributed by atoms with Crippen LogP contribution in [0.2, 0.25) is 0 Å². The highest BCUT2D eigenvalue weighted by molar-refractivity contribution is 8.00. The normalized spacial score (nSPS) is 22.2. The maximum atomic E-state index is 11.3. The number of hydrazine groups is 1. The van der Waals surface area contributed by atoms with E-state index in [2.05, 4.69) is 36.0 Å². The smallest absolute Gasteiger partial charge is 0.315 e. The number of amides is 2. The van der Waals surface area contributed by atoms with Crippen molar-refractivity contribution < 1.29 is 14.7 Å². The lowest BCUT2D eigenvalue weighted by molar-refractivity contribution is -0.137. The molecule has 0 aliphatic carbocycles. The molecule has 0 saturated carbocycles. The number of H-pyrrole nitrogens is 1. The number of carbonyl (C=O) groups excluding carboxylic acids is 1. The number of anilines is 1. The Balaban J connectivity index is 0.000000169. The van der Waals surface area contributed by atoms with Crippen molar-refractivity contribution in [1.82, 2.24) is 30.6 Å². The number of aromatic nitrogens is 4. The van der Waals surface area contributed by atoms with E-state index in [0.717, 1.165) is 25.0 Å². The van der Waals surface area contributed by atoms with Crippen LogP contribution in [0.3, 0.4) is 0 Å². The van der Waals surface area contributed by atoms with Gasteiger partial charge in [0, 0.05) is 29.8 Å². The Bertz CT molecular complexity index is 939. The Morgan fingerprint density at radius 3 is 2.83 bits per heavy atom. The fourth-order valence-corrected chi connectivity index (χ4v) is 4.75. The largest absolute Gasteiger partial charge is 0.481 e. The summed E-state index contributed by atoms with van der Waals surface area (Å²) in [6, 6.07) is 0.440. The van der Waals surface area contributed by atoms with Crippen LogP contribution in [0, 0.1) is 0 Å². The highest BCUT2D eigenvalue weighted by Crippen LogP contribution is 2.33. The van der Waals surface area contributed by atoms with Crippen LogP contribution in [-0.4, -0.2) is 60.1 Å². The zero-order valence-corrected chi connectivity index (χ0v) is 16.2. The molecule has 0 bridgehead atoms. The second-order valence-corrected chi connectivity index (χ2v) is 7.82. The van der Waals surface area contributed by atoms with Crippen molar-refractivity contribution in [3.8, 4) is 0 Å². The lowest BCUT2D eigenvalue weighted by atomic mass is 10.0. The maximum Gasteiger partial charge on any atom is 0.315 e. The number of hydrogen-bond acceptors (Lipinski definition) is 9. The van der Waals surface area contributed by atoms with Gasteiger partial charge in [-0.1, -0.05) is 6.42 Å². The summed E-state index contributed by atoms with van der Waals surface area (Å²) in [4.78, 5) is 46.7. The number of unbranched alkanes of at least 4 members (excludes halogenated alkanes) is 1. The number of hydrogen-bond donors (Lipinski definition) is 6. The van der Waals surface area contributed by atoms with Gasteiger partial charge in [-0.15, -0.1) is 0 Å². The summed E-state index contributed by atoms with van der Waals surface area (Å²) < 4.78 is 0. The van der Waals surface area contributed by atoms with Crippen LogP contribution in [0.4, 0.5) is 10.7 Å². The zero-order chi connectivity index (χ0) is 20.8.